The molecule has 1 unspecified atom stereocenters. The van der Waals surface area contributed by atoms with Gasteiger partial charge in [-0.15, -0.1) is 0 Å². The van der Waals surface area contributed by atoms with Gasteiger partial charge in [0.05, 0.1) is 0 Å². The third kappa shape index (κ3) is 3.18. The van der Waals surface area contributed by atoms with E-state index in [0.29, 0.717) is 6.04 Å². The van der Waals surface area contributed by atoms with Gasteiger partial charge in [-0.05, 0) is 44.1 Å². The third-order valence-corrected chi connectivity index (χ3v) is 3.39. The second-order valence-electron chi connectivity index (χ2n) is 5.53. The van der Waals surface area contributed by atoms with E-state index < -0.39 is 0 Å². The largest absolute Gasteiger partial charge is 0.338 e. The zero-order valence-electron chi connectivity index (χ0n) is 11.2. The lowest BCUT2D eigenvalue weighted by Gasteiger charge is -2.36. The molecule has 2 rings (SSSR count). The van der Waals surface area contributed by atoms with Crippen molar-refractivity contribution in [2.24, 2.45) is 5.92 Å². The lowest BCUT2D eigenvalue weighted by Crippen LogP contribution is -2.41. The van der Waals surface area contributed by atoms with E-state index >= 15 is 0 Å². The predicted molar refractivity (Wildman–Crippen MR) is 71.2 cm³/mol. The molecule has 1 aliphatic heterocycles. The van der Waals surface area contributed by atoms with Crippen LogP contribution < -0.4 is 4.90 Å². The van der Waals surface area contributed by atoms with Gasteiger partial charge in [-0.2, -0.15) is 0 Å². The topological polar surface area (TPSA) is 29.0 Å². The maximum absolute atomic E-state index is 4.47. The normalized spacial score (nSPS) is 20.9. The molecule has 0 spiro atoms. The Bertz CT molecular complexity index is 345. The van der Waals surface area contributed by atoms with Crippen LogP contribution in [0.1, 0.15) is 45.1 Å². The Morgan fingerprint density at radius 1 is 1.29 bits per heavy atom. The van der Waals surface area contributed by atoms with Gasteiger partial charge < -0.3 is 4.90 Å². The van der Waals surface area contributed by atoms with Crippen LogP contribution in [0, 0.1) is 12.8 Å². The van der Waals surface area contributed by atoms with Crippen LogP contribution in [-0.2, 0) is 0 Å². The molecule has 0 N–H and O–H groups in total. The Morgan fingerprint density at radius 2 is 2.00 bits per heavy atom. The van der Waals surface area contributed by atoms with Gasteiger partial charge in [0.1, 0.15) is 0 Å². The number of nitrogens with zero attached hydrogens (tertiary/aromatic N) is 3. The number of hydrogen-bond donors (Lipinski definition) is 0. The second kappa shape index (κ2) is 5.48. The quantitative estimate of drug-likeness (QED) is 0.803. The van der Waals surface area contributed by atoms with Crippen LogP contribution in [0.5, 0.6) is 0 Å². The molecule has 0 aromatic carbocycles. The molecule has 0 bridgehead atoms. The van der Waals surface area contributed by atoms with Crippen LogP contribution in [-0.4, -0.2) is 22.6 Å². The molecule has 0 saturated carbocycles. The highest BCUT2D eigenvalue weighted by atomic mass is 15.3. The Kier molecular flexibility index (Phi) is 3.97. The molecular weight excluding hydrogens is 210 g/mol. The SMILES string of the molecule is Cc1cnc(N2CCCCC2CC(C)C)nc1. The van der Waals surface area contributed by atoms with Crippen LogP contribution in [0.4, 0.5) is 5.95 Å². The minimum atomic E-state index is 0.631. The lowest BCUT2D eigenvalue weighted by atomic mass is 9.94. The van der Waals surface area contributed by atoms with Crippen LogP contribution in [0.15, 0.2) is 12.4 Å². The van der Waals surface area contributed by atoms with Gasteiger partial charge >= 0.3 is 0 Å². The molecular formula is C14H23N3. The highest BCUT2D eigenvalue weighted by Gasteiger charge is 2.24. The van der Waals surface area contributed by atoms with Gasteiger partial charge in [0.25, 0.3) is 0 Å². The van der Waals surface area contributed by atoms with Crippen LogP contribution in [0.3, 0.4) is 0 Å². The summed E-state index contributed by atoms with van der Waals surface area (Å²) in [5.74, 6) is 1.66. The van der Waals surface area contributed by atoms with Crippen molar-refractivity contribution in [2.75, 3.05) is 11.4 Å². The van der Waals surface area contributed by atoms with Crippen LogP contribution in [0.25, 0.3) is 0 Å². The summed E-state index contributed by atoms with van der Waals surface area (Å²) in [6.45, 7) is 7.73. The predicted octanol–water partition coefficient (Wildman–Crippen LogP) is 3.19. The number of rotatable bonds is 3. The number of hydrogen-bond acceptors (Lipinski definition) is 3. The highest BCUT2D eigenvalue weighted by molar-refractivity contribution is 5.32. The zero-order valence-corrected chi connectivity index (χ0v) is 11.2. The summed E-state index contributed by atoms with van der Waals surface area (Å²) in [6, 6.07) is 0.631. The summed E-state index contributed by atoms with van der Waals surface area (Å²) in [5.41, 5.74) is 1.13. The van der Waals surface area contributed by atoms with E-state index in [-0.39, 0.29) is 0 Å². The Hall–Kier alpha value is -1.12. The van der Waals surface area contributed by atoms with E-state index in [1.54, 1.807) is 0 Å². The standard InChI is InChI=1S/C14H23N3/c1-11(2)8-13-6-4-5-7-17(13)14-15-9-12(3)10-16-14/h9-11,13H,4-8H2,1-3H3. The molecule has 17 heavy (non-hydrogen) atoms. The van der Waals surface area contributed by atoms with Crippen molar-refractivity contribution in [3.63, 3.8) is 0 Å². The molecule has 0 amide bonds. The maximum atomic E-state index is 4.47. The van der Waals surface area contributed by atoms with Crippen molar-refractivity contribution in [1.82, 2.24) is 9.97 Å². The molecule has 1 aromatic rings. The van der Waals surface area contributed by atoms with Crippen molar-refractivity contribution in [2.45, 2.75) is 52.5 Å². The summed E-state index contributed by atoms with van der Waals surface area (Å²) in [5, 5.41) is 0. The second-order valence-corrected chi connectivity index (χ2v) is 5.53. The van der Waals surface area contributed by atoms with Gasteiger partial charge in [-0.1, -0.05) is 13.8 Å². The Morgan fingerprint density at radius 3 is 2.65 bits per heavy atom. The summed E-state index contributed by atoms with van der Waals surface area (Å²) in [4.78, 5) is 11.4. The van der Waals surface area contributed by atoms with E-state index in [2.05, 4.69) is 28.7 Å². The minimum Gasteiger partial charge on any atom is -0.338 e. The molecule has 2 heterocycles. The van der Waals surface area contributed by atoms with E-state index in [9.17, 15) is 0 Å². The molecule has 1 aromatic heterocycles. The number of anilines is 1. The van der Waals surface area contributed by atoms with Crippen LogP contribution >= 0.6 is 0 Å². The Balaban J connectivity index is 2.12. The first kappa shape index (κ1) is 12.3. The molecule has 0 radical (unpaired) electrons. The van der Waals surface area contributed by atoms with Gasteiger partial charge in [-0.25, -0.2) is 9.97 Å². The van der Waals surface area contributed by atoms with Gasteiger partial charge in [0.2, 0.25) is 5.95 Å². The van der Waals surface area contributed by atoms with Gasteiger partial charge in [-0.3, -0.25) is 0 Å². The van der Waals surface area contributed by atoms with Crippen molar-refractivity contribution in [3.05, 3.63) is 18.0 Å². The minimum absolute atomic E-state index is 0.631. The Labute approximate surface area is 104 Å². The van der Waals surface area contributed by atoms with Crippen molar-refractivity contribution in [3.8, 4) is 0 Å². The molecule has 1 aliphatic rings. The van der Waals surface area contributed by atoms with E-state index in [1.165, 1.54) is 25.7 Å². The van der Waals surface area contributed by atoms with E-state index in [0.717, 1.165) is 24.0 Å². The average Bonchev–Trinajstić information content (AvgIpc) is 2.30. The lowest BCUT2D eigenvalue weighted by molar-refractivity contribution is 0.389. The summed E-state index contributed by atoms with van der Waals surface area (Å²) in [7, 11) is 0. The molecule has 3 heteroatoms. The first-order chi connectivity index (χ1) is 8.16. The fourth-order valence-electron chi connectivity index (χ4n) is 2.59. The third-order valence-electron chi connectivity index (χ3n) is 3.39. The number of piperidine rings is 1. The summed E-state index contributed by atoms with van der Waals surface area (Å²) in [6.07, 6.45) is 8.99. The average molecular weight is 233 g/mol. The first-order valence-electron chi connectivity index (χ1n) is 6.72. The first-order valence-corrected chi connectivity index (χ1v) is 6.72. The molecule has 1 fully saturated rings. The zero-order chi connectivity index (χ0) is 12.3. The molecule has 94 valence electrons. The van der Waals surface area contributed by atoms with Crippen molar-refractivity contribution >= 4 is 5.95 Å². The maximum Gasteiger partial charge on any atom is 0.225 e. The molecule has 1 saturated heterocycles. The summed E-state index contributed by atoms with van der Waals surface area (Å²) < 4.78 is 0. The fourth-order valence-corrected chi connectivity index (χ4v) is 2.59. The number of aromatic nitrogens is 2. The van der Waals surface area contributed by atoms with Crippen LogP contribution in [0.2, 0.25) is 0 Å². The van der Waals surface area contributed by atoms with Crippen molar-refractivity contribution < 1.29 is 0 Å². The highest BCUT2D eigenvalue weighted by Crippen LogP contribution is 2.25. The van der Waals surface area contributed by atoms with Gasteiger partial charge in [0, 0.05) is 25.0 Å². The monoisotopic (exact) mass is 233 g/mol. The number of aryl methyl sites for hydroxylation is 1. The summed E-state index contributed by atoms with van der Waals surface area (Å²) >= 11 is 0. The van der Waals surface area contributed by atoms with Crippen molar-refractivity contribution in [1.29, 1.82) is 0 Å². The molecule has 1 atom stereocenters. The van der Waals surface area contributed by atoms with E-state index in [1.807, 2.05) is 19.3 Å². The smallest absolute Gasteiger partial charge is 0.225 e. The molecule has 0 aliphatic carbocycles. The van der Waals surface area contributed by atoms with Gasteiger partial charge in [0.15, 0.2) is 0 Å². The van der Waals surface area contributed by atoms with E-state index in [4.69, 9.17) is 0 Å². The fraction of sp³-hybridized carbons (Fsp3) is 0.714. The molecule has 3 nitrogen and oxygen atoms in total.